The molecule has 1 aromatic carbocycles. The van der Waals surface area contributed by atoms with Gasteiger partial charge in [-0.25, -0.2) is 0 Å². The SMILES string of the molecule is CC(C)Cn1c(Cc2ccccc2)nnc1SCC(=O)N1[C@@H](C)CCC[C@@H]1C. The van der Waals surface area contributed by atoms with Crippen molar-refractivity contribution in [1.29, 1.82) is 0 Å². The predicted octanol–water partition coefficient (Wildman–Crippen LogP) is 4.41. The monoisotopic (exact) mass is 400 g/mol. The van der Waals surface area contributed by atoms with Gasteiger partial charge < -0.3 is 9.47 Å². The molecule has 1 saturated heterocycles. The highest BCUT2D eigenvalue weighted by atomic mass is 32.2. The van der Waals surface area contributed by atoms with E-state index in [1.807, 2.05) is 18.2 Å². The molecule has 0 saturated carbocycles. The van der Waals surface area contributed by atoms with Gasteiger partial charge in [-0.2, -0.15) is 0 Å². The van der Waals surface area contributed by atoms with E-state index >= 15 is 0 Å². The molecule has 0 bridgehead atoms. The van der Waals surface area contributed by atoms with Crippen LogP contribution in [0.5, 0.6) is 0 Å². The molecule has 6 heteroatoms. The van der Waals surface area contributed by atoms with Crippen LogP contribution < -0.4 is 0 Å². The fraction of sp³-hybridized carbons (Fsp3) is 0.591. The molecule has 2 heterocycles. The topological polar surface area (TPSA) is 51.0 Å². The number of benzene rings is 1. The molecule has 0 aliphatic carbocycles. The van der Waals surface area contributed by atoms with Gasteiger partial charge >= 0.3 is 0 Å². The van der Waals surface area contributed by atoms with E-state index in [0.29, 0.717) is 23.8 Å². The summed E-state index contributed by atoms with van der Waals surface area (Å²) < 4.78 is 2.19. The Kier molecular flexibility index (Phi) is 7.16. The number of piperidine rings is 1. The standard InChI is InChI=1S/C22H32N4OS/c1-16(2)14-25-20(13-19-11-6-5-7-12-19)23-24-22(25)28-15-21(27)26-17(3)9-8-10-18(26)4/h5-7,11-12,16-18H,8-10,13-15H2,1-4H3/t17-,18-/m0/s1. The lowest BCUT2D eigenvalue weighted by molar-refractivity contribution is -0.134. The van der Waals surface area contributed by atoms with Crippen molar-refractivity contribution < 1.29 is 4.79 Å². The lowest BCUT2D eigenvalue weighted by Gasteiger charge is -2.39. The van der Waals surface area contributed by atoms with E-state index in [9.17, 15) is 4.79 Å². The highest BCUT2D eigenvalue weighted by Crippen LogP contribution is 2.26. The minimum atomic E-state index is 0.216. The van der Waals surface area contributed by atoms with E-state index < -0.39 is 0 Å². The summed E-state index contributed by atoms with van der Waals surface area (Å²) in [6, 6.07) is 11.0. The van der Waals surface area contributed by atoms with Crippen LogP contribution in [0, 0.1) is 5.92 Å². The molecule has 2 aromatic rings. The number of carbonyl (C=O) groups excluding carboxylic acids is 1. The molecule has 1 fully saturated rings. The maximum Gasteiger partial charge on any atom is 0.233 e. The largest absolute Gasteiger partial charge is 0.337 e. The van der Waals surface area contributed by atoms with Crippen molar-refractivity contribution in [1.82, 2.24) is 19.7 Å². The van der Waals surface area contributed by atoms with Gasteiger partial charge in [0.25, 0.3) is 0 Å². The molecule has 1 aliphatic heterocycles. The fourth-order valence-electron chi connectivity index (χ4n) is 4.00. The Balaban J connectivity index is 1.71. The van der Waals surface area contributed by atoms with Gasteiger partial charge in [0.1, 0.15) is 5.82 Å². The first-order valence-electron chi connectivity index (χ1n) is 10.4. The smallest absolute Gasteiger partial charge is 0.233 e. The number of carbonyl (C=O) groups is 1. The number of nitrogens with zero attached hydrogens (tertiary/aromatic N) is 4. The molecule has 0 N–H and O–H groups in total. The Bertz CT molecular complexity index is 764. The van der Waals surface area contributed by atoms with E-state index in [-0.39, 0.29) is 5.91 Å². The fourth-order valence-corrected chi connectivity index (χ4v) is 4.83. The third kappa shape index (κ3) is 5.16. The predicted molar refractivity (Wildman–Crippen MR) is 114 cm³/mol. The Hall–Kier alpha value is -1.82. The van der Waals surface area contributed by atoms with Gasteiger partial charge in [-0.15, -0.1) is 10.2 Å². The maximum atomic E-state index is 12.9. The Labute approximate surface area is 172 Å². The van der Waals surface area contributed by atoms with Crippen LogP contribution in [0.15, 0.2) is 35.5 Å². The summed E-state index contributed by atoms with van der Waals surface area (Å²) in [4.78, 5) is 14.9. The maximum absolute atomic E-state index is 12.9. The van der Waals surface area contributed by atoms with Crippen LogP contribution in [0.4, 0.5) is 0 Å². The highest BCUT2D eigenvalue weighted by molar-refractivity contribution is 7.99. The van der Waals surface area contributed by atoms with E-state index in [1.165, 1.54) is 23.7 Å². The first-order chi connectivity index (χ1) is 13.5. The van der Waals surface area contributed by atoms with Crippen LogP contribution in [-0.4, -0.2) is 43.4 Å². The number of thioether (sulfide) groups is 1. The normalized spacial score (nSPS) is 20.0. The number of rotatable bonds is 7. The van der Waals surface area contributed by atoms with Crippen molar-refractivity contribution in [2.45, 2.75) is 77.2 Å². The molecule has 1 amide bonds. The van der Waals surface area contributed by atoms with Crippen molar-refractivity contribution in [3.05, 3.63) is 41.7 Å². The number of hydrogen-bond acceptors (Lipinski definition) is 4. The van der Waals surface area contributed by atoms with Crippen molar-refractivity contribution in [2.24, 2.45) is 5.92 Å². The summed E-state index contributed by atoms with van der Waals surface area (Å²) >= 11 is 1.52. The summed E-state index contributed by atoms with van der Waals surface area (Å²) in [5.74, 6) is 2.10. The first-order valence-corrected chi connectivity index (χ1v) is 11.3. The average Bonchev–Trinajstić information content (AvgIpc) is 3.01. The Morgan fingerprint density at radius 1 is 1.14 bits per heavy atom. The molecule has 5 nitrogen and oxygen atoms in total. The Morgan fingerprint density at radius 3 is 2.46 bits per heavy atom. The van der Waals surface area contributed by atoms with Gasteiger partial charge in [0, 0.05) is 25.0 Å². The summed E-state index contributed by atoms with van der Waals surface area (Å²) in [6.45, 7) is 9.59. The second-order valence-corrected chi connectivity index (χ2v) is 9.23. The zero-order chi connectivity index (χ0) is 20.1. The summed E-state index contributed by atoms with van der Waals surface area (Å²) in [5.41, 5.74) is 1.23. The number of hydrogen-bond donors (Lipinski definition) is 0. The van der Waals surface area contributed by atoms with Gasteiger partial charge in [-0.1, -0.05) is 55.9 Å². The highest BCUT2D eigenvalue weighted by Gasteiger charge is 2.29. The molecule has 0 spiro atoms. The molecular formula is C22H32N4OS. The third-order valence-corrected chi connectivity index (χ3v) is 6.30. The number of amides is 1. The zero-order valence-corrected chi connectivity index (χ0v) is 18.3. The van der Waals surface area contributed by atoms with Crippen molar-refractivity contribution >= 4 is 17.7 Å². The van der Waals surface area contributed by atoms with E-state index in [1.54, 1.807) is 0 Å². The van der Waals surface area contributed by atoms with Gasteiger partial charge in [0.15, 0.2) is 5.16 Å². The van der Waals surface area contributed by atoms with E-state index in [0.717, 1.165) is 36.8 Å². The molecule has 152 valence electrons. The van der Waals surface area contributed by atoms with E-state index in [4.69, 9.17) is 0 Å². The van der Waals surface area contributed by atoms with Crippen LogP contribution in [0.25, 0.3) is 0 Å². The van der Waals surface area contributed by atoms with Crippen LogP contribution in [-0.2, 0) is 17.8 Å². The van der Waals surface area contributed by atoms with Crippen LogP contribution in [0.1, 0.15) is 58.3 Å². The van der Waals surface area contributed by atoms with Gasteiger partial charge in [0.2, 0.25) is 5.91 Å². The molecule has 2 atom stereocenters. The molecule has 1 aromatic heterocycles. The summed E-state index contributed by atoms with van der Waals surface area (Å²) in [6.07, 6.45) is 4.18. The molecule has 28 heavy (non-hydrogen) atoms. The van der Waals surface area contributed by atoms with Gasteiger partial charge in [0.05, 0.1) is 5.75 Å². The van der Waals surface area contributed by atoms with Gasteiger partial charge in [-0.3, -0.25) is 4.79 Å². The van der Waals surface area contributed by atoms with Crippen molar-refractivity contribution in [3.63, 3.8) is 0 Å². The number of aromatic nitrogens is 3. The van der Waals surface area contributed by atoms with E-state index in [2.05, 4.69) is 59.5 Å². The molecule has 1 aliphatic rings. The summed E-state index contributed by atoms with van der Waals surface area (Å²) in [7, 11) is 0. The van der Waals surface area contributed by atoms with Crippen LogP contribution >= 0.6 is 11.8 Å². The third-order valence-electron chi connectivity index (χ3n) is 5.35. The molecule has 3 rings (SSSR count). The number of likely N-dealkylation sites (tertiary alicyclic amines) is 1. The summed E-state index contributed by atoms with van der Waals surface area (Å²) in [5, 5.41) is 9.73. The van der Waals surface area contributed by atoms with Gasteiger partial charge in [-0.05, 0) is 44.6 Å². The van der Waals surface area contributed by atoms with Crippen molar-refractivity contribution in [3.8, 4) is 0 Å². The Morgan fingerprint density at radius 2 is 1.82 bits per heavy atom. The lowest BCUT2D eigenvalue weighted by atomic mass is 9.98. The van der Waals surface area contributed by atoms with Crippen molar-refractivity contribution in [2.75, 3.05) is 5.75 Å². The van der Waals surface area contributed by atoms with Crippen LogP contribution in [0.3, 0.4) is 0 Å². The average molecular weight is 401 g/mol. The minimum absolute atomic E-state index is 0.216. The van der Waals surface area contributed by atoms with Crippen LogP contribution in [0.2, 0.25) is 0 Å². The minimum Gasteiger partial charge on any atom is -0.337 e. The second-order valence-electron chi connectivity index (χ2n) is 8.28. The quantitative estimate of drug-likeness (QED) is 0.646. The molecular weight excluding hydrogens is 368 g/mol. The zero-order valence-electron chi connectivity index (χ0n) is 17.5. The lowest BCUT2D eigenvalue weighted by Crippen LogP contribution is -2.48. The molecule has 0 radical (unpaired) electrons. The molecule has 0 unspecified atom stereocenters. The first kappa shape index (κ1) is 20.9. The second kappa shape index (κ2) is 9.59.